The second kappa shape index (κ2) is 9.05. The molecule has 2 rings (SSSR count). The lowest BCUT2D eigenvalue weighted by atomic mass is 10.2. The van der Waals surface area contributed by atoms with Gasteiger partial charge in [0.2, 0.25) is 0 Å². The first-order valence-corrected chi connectivity index (χ1v) is 8.25. The van der Waals surface area contributed by atoms with Crippen LogP contribution < -0.4 is 4.74 Å². The molecular formula is C17H21F3N2O5. The van der Waals surface area contributed by atoms with Crippen molar-refractivity contribution in [3.63, 3.8) is 0 Å². The van der Waals surface area contributed by atoms with Crippen LogP contribution in [0.25, 0.3) is 0 Å². The number of morpholine rings is 1. The first-order valence-electron chi connectivity index (χ1n) is 8.25. The predicted octanol–water partition coefficient (Wildman–Crippen LogP) is 1.33. The minimum Gasteiger partial charge on any atom is -0.484 e. The van der Waals surface area contributed by atoms with Crippen molar-refractivity contribution in [2.24, 2.45) is 0 Å². The van der Waals surface area contributed by atoms with E-state index in [1.165, 1.54) is 17.0 Å². The van der Waals surface area contributed by atoms with Gasteiger partial charge in [0.1, 0.15) is 5.75 Å². The van der Waals surface area contributed by atoms with Gasteiger partial charge in [0.15, 0.2) is 6.61 Å². The van der Waals surface area contributed by atoms with Gasteiger partial charge in [-0.15, -0.1) is 0 Å². The van der Waals surface area contributed by atoms with Crippen LogP contribution >= 0.6 is 0 Å². The van der Waals surface area contributed by atoms with Crippen LogP contribution in [0.5, 0.6) is 5.75 Å². The maximum absolute atomic E-state index is 12.5. The number of alkyl halides is 3. The summed E-state index contributed by atoms with van der Waals surface area (Å²) >= 11 is 0. The Morgan fingerprint density at radius 2 is 2.00 bits per heavy atom. The Labute approximate surface area is 154 Å². The summed E-state index contributed by atoms with van der Waals surface area (Å²) in [7, 11) is 1.64. The second-order valence-electron chi connectivity index (χ2n) is 6.23. The molecule has 1 aromatic carbocycles. The van der Waals surface area contributed by atoms with Crippen molar-refractivity contribution in [2.75, 3.05) is 46.4 Å². The van der Waals surface area contributed by atoms with Gasteiger partial charge >= 0.3 is 12.1 Å². The molecule has 1 amide bonds. The van der Waals surface area contributed by atoms with Crippen molar-refractivity contribution in [1.82, 2.24) is 9.80 Å². The van der Waals surface area contributed by atoms with Crippen LogP contribution in [-0.4, -0.2) is 79.3 Å². The minimum atomic E-state index is -4.43. The molecule has 10 heteroatoms. The normalized spacial score (nSPS) is 17.8. The summed E-state index contributed by atoms with van der Waals surface area (Å²) in [5, 5.41) is 8.77. The van der Waals surface area contributed by atoms with Crippen molar-refractivity contribution < 1.29 is 37.3 Å². The summed E-state index contributed by atoms with van der Waals surface area (Å²) in [6.07, 6.45) is -4.75. The van der Waals surface area contributed by atoms with E-state index in [9.17, 15) is 22.8 Å². The highest BCUT2D eigenvalue weighted by Gasteiger charge is 2.30. The first kappa shape index (κ1) is 21.0. The molecule has 1 aliphatic heterocycles. The largest absolute Gasteiger partial charge is 0.484 e. The summed E-state index contributed by atoms with van der Waals surface area (Å²) in [6, 6.07) is 4.11. The van der Waals surface area contributed by atoms with Gasteiger partial charge in [-0.2, -0.15) is 13.2 Å². The van der Waals surface area contributed by atoms with Gasteiger partial charge in [0.05, 0.1) is 24.8 Å². The number of carbonyl (C=O) groups excluding carboxylic acids is 1. The highest BCUT2D eigenvalue weighted by atomic mass is 19.4. The number of ether oxygens (including phenoxy) is 2. The maximum atomic E-state index is 12.5. The third-order valence-electron chi connectivity index (χ3n) is 3.96. The third-order valence-corrected chi connectivity index (χ3v) is 3.96. The van der Waals surface area contributed by atoms with Crippen molar-refractivity contribution >= 4 is 11.9 Å². The quantitative estimate of drug-likeness (QED) is 0.757. The Balaban J connectivity index is 1.82. The number of carboxylic acids is 1. The van der Waals surface area contributed by atoms with Gasteiger partial charge < -0.3 is 19.5 Å². The second-order valence-corrected chi connectivity index (χ2v) is 6.23. The van der Waals surface area contributed by atoms with E-state index in [4.69, 9.17) is 14.6 Å². The molecule has 0 radical (unpaired) electrons. The zero-order valence-electron chi connectivity index (χ0n) is 14.7. The number of carboxylic acid groups (broad SMARTS) is 1. The Kier molecular flexibility index (Phi) is 7.03. The highest BCUT2D eigenvalue weighted by Crippen LogP contribution is 2.30. The van der Waals surface area contributed by atoms with Gasteiger partial charge in [0.25, 0.3) is 5.91 Å². The first-order chi connectivity index (χ1) is 12.6. The van der Waals surface area contributed by atoms with E-state index in [-0.39, 0.29) is 30.9 Å². The number of carbonyl (C=O) groups is 2. The average molecular weight is 390 g/mol. The van der Waals surface area contributed by atoms with Gasteiger partial charge in [-0.3, -0.25) is 14.5 Å². The SMILES string of the molecule is CN(CC(=O)O)CC1CN(C(=O)COc2ccc(C(F)(F)F)cc2)CCO1. The highest BCUT2D eigenvalue weighted by molar-refractivity contribution is 5.78. The number of rotatable bonds is 7. The number of benzene rings is 1. The lowest BCUT2D eigenvalue weighted by molar-refractivity contribution is -0.143. The van der Waals surface area contributed by atoms with Crippen molar-refractivity contribution in [1.29, 1.82) is 0 Å². The van der Waals surface area contributed by atoms with Crippen LogP contribution in [0.2, 0.25) is 0 Å². The van der Waals surface area contributed by atoms with E-state index in [2.05, 4.69) is 0 Å². The van der Waals surface area contributed by atoms with E-state index >= 15 is 0 Å². The number of hydrogen-bond donors (Lipinski definition) is 1. The molecule has 1 aliphatic rings. The van der Waals surface area contributed by atoms with Gasteiger partial charge in [0, 0.05) is 19.6 Å². The molecule has 1 fully saturated rings. The van der Waals surface area contributed by atoms with E-state index in [0.29, 0.717) is 26.2 Å². The number of halogens is 3. The molecule has 1 aromatic rings. The molecule has 0 aliphatic carbocycles. The minimum absolute atomic E-state index is 0.134. The molecule has 0 bridgehead atoms. The zero-order chi connectivity index (χ0) is 20.0. The van der Waals surface area contributed by atoms with Crippen molar-refractivity contribution in [3.8, 4) is 5.75 Å². The van der Waals surface area contributed by atoms with Gasteiger partial charge in [-0.05, 0) is 31.3 Å². The smallest absolute Gasteiger partial charge is 0.416 e. The third kappa shape index (κ3) is 6.72. The summed E-state index contributed by atoms with van der Waals surface area (Å²) in [4.78, 5) is 26.1. The van der Waals surface area contributed by atoms with Crippen molar-refractivity contribution in [3.05, 3.63) is 29.8 Å². The summed E-state index contributed by atoms with van der Waals surface area (Å²) in [5.74, 6) is -1.10. The summed E-state index contributed by atoms with van der Waals surface area (Å²) in [5.41, 5.74) is -0.789. The van der Waals surface area contributed by atoms with E-state index < -0.39 is 17.7 Å². The van der Waals surface area contributed by atoms with E-state index in [0.717, 1.165) is 12.1 Å². The summed E-state index contributed by atoms with van der Waals surface area (Å²) in [6.45, 7) is 0.898. The van der Waals surface area contributed by atoms with Gasteiger partial charge in [-0.25, -0.2) is 0 Å². The lowest BCUT2D eigenvalue weighted by Crippen LogP contribution is -2.50. The fourth-order valence-corrected chi connectivity index (χ4v) is 2.68. The monoisotopic (exact) mass is 390 g/mol. The number of likely N-dealkylation sites (N-methyl/N-ethyl adjacent to an activating group) is 1. The number of amides is 1. The van der Waals surface area contributed by atoms with Crippen LogP contribution in [0.1, 0.15) is 5.56 Å². The van der Waals surface area contributed by atoms with Crippen LogP contribution in [0.4, 0.5) is 13.2 Å². The van der Waals surface area contributed by atoms with Crippen molar-refractivity contribution in [2.45, 2.75) is 12.3 Å². The summed E-state index contributed by atoms with van der Waals surface area (Å²) < 4.78 is 48.4. The molecule has 27 heavy (non-hydrogen) atoms. The zero-order valence-corrected chi connectivity index (χ0v) is 14.7. The van der Waals surface area contributed by atoms with E-state index in [1.807, 2.05) is 0 Å². The Hall–Kier alpha value is -2.33. The predicted molar refractivity (Wildman–Crippen MR) is 88.4 cm³/mol. The fraction of sp³-hybridized carbons (Fsp3) is 0.529. The molecular weight excluding hydrogens is 369 g/mol. The molecule has 0 spiro atoms. The average Bonchev–Trinajstić information content (AvgIpc) is 2.58. The fourth-order valence-electron chi connectivity index (χ4n) is 2.68. The van der Waals surface area contributed by atoms with Crippen LogP contribution in [0, 0.1) is 0 Å². The standard InChI is InChI=1S/C17H21F3N2O5/c1-21(10-16(24)25)8-14-9-22(6-7-26-14)15(23)11-27-13-4-2-12(3-5-13)17(18,19)20/h2-5,14H,6-11H2,1H3,(H,24,25). The molecule has 150 valence electrons. The molecule has 1 N–H and O–H groups in total. The molecule has 0 saturated carbocycles. The van der Waals surface area contributed by atoms with Crippen LogP contribution in [-0.2, 0) is 20.5 Å². The molecule has 1 saturated heterocycles. The topological polar surface area (TPSA) is 79.3 Å². The molecule has 1 unspecified atom stereocenters. The number of hydrogen-bond acceptors (Lipinski definition) is 5. The lowest BCUT2D eigenvalue weighted by Gasteiger charge is -2.34. The molecule has 1 heterocycles. The number of nitrogens with zero attached hydrogens (tertiary/aromatic N) is 2. The van der Waals surface area contributed by atoms with Crippen LogP contribution in [0.15, 0.2) is 24.3 Å². The van der Waals surface area contributed by atoms with Crippen LogP contribution in [0.3, 0.4) is 0 Å². The Morgan fingerprint density at radius 3 is 2.59 bits per heavy atom. The molecule has 1 atom stereocenters. The van der Waals surface area contributed by atoms with E-state index in [1.54, 1.807) is 11.9 Å². The maximum Gasteiger partial charge on any atom is 0.416 e. The van der Waals surface area contributed by atoms with Gasteiger partial charge in [-0.1, -0.05) is 0 Å². The molecule has 7 nitrogen and oxygen atoms in total. The Morgan fingerprint density at radius 1 is 1.33 bits per heavy atom. The Bertz CT molecular complexity index is 651. The molecule has 0 aromatic heterocycles. The number of aliphatic carboxylic acids is 1.